The van der Waals surface area contributed by atoms with Crippen LogP contribution in [0, 0.1) is 0 Å². The molecule has 0 atom stereocenters. The molecule has 7 nitrogen and oxygen atoms in total. The van der Waals surface area contributed by atoms with Crippen molar-refractivity contribution in [1.82, 2.24) is 14.4 Å². The van der Waals surface area contributed by atoms with Crippen LogP contribution in [0.2, 0.25) is 0 Å². The summed E-state index contributed by atoms with van der Waals surface area (Å²) in [5, 5.41) is 2.96. The molecule has 2 rings (SSSR count). The van der Waals surface area contributed by atoms with Crippen LogP contribution in [0.4, 0.5) is 10.5 Å². The van der Waals surface area contributed by atoms with Gasteiger partial charge in [0.15, 0.2) is 0 Å². The number of nitrogens with one attached hydrogen (secondary N) is 1. The Morgan fingerprint density at radius 2 is 1.74 bits per heavy atom. The fraction of sp³-hybridized carbons (Fsp3) is 0.556. The lowest BCUT2D eigenvalue weighted by atomic mass is 10.0. The van der Waals surface area contributed by atoms with Crippen molar-refractivity contribution in [3.8, 4) is 0 Å². The summed E-state index contributed by atoms with van der Waals surface area (Å²) in [5.41, 5.74) is 3.01. The number of aromatic nitrogens is 1. The van der Waals surface area contributed by atoms with E-state index in [1.807, 2.05) is 66.0 Å². The number of hydrogen-bond acceptors (Lipinski definition) is 3. The van der Waals surface area contributed by atoms with Gasteiger partial charge < -0.3 is 24.4 Å². The Labute approximate surface area is 205 Å². The molecule has 0 aliphatic carbocycles. The fourth-order valence-electron chi connectivity index (χ4n) is 3.67. The summed E-state index contributed by atoms with van der Waals surface area (Å²) >= 11 is 0. The average Bonchev–Trinajstić information content (AvgIpc) is 3.22. The highest BCUT2D eigenvalue weighted by molar-refractivity contribution is 5.92. The van der Waals surface area contributed by atoms with Gasteiger partial charge in [-0.1, -0.05) is 39.3 Å². The Kier molecular flexibility index (Phi) is 11.7. The number of carbonyl (C=O) groups excluding carboxylic acids is 2. The maximum Gasteiger partial charge on any atom is 0.322 e. The number of hydrogen-bond donors (Lipinski definition) is 1. The smallest absolute Gasteiger partial charge is 0.322 e. The van der Waals surface area contributed by atoms with Crippen molar-refractivity contribution < 1.29 is 14.3 Å². The molecule has 7 heteroatoms. The number of anilines is 1. The first-order valence-electron chi connectivity index (χ1n) is 12.5. The summed E-state index contributed by atoms with van der Waals surface area (Å²) in [7, 11) is 1.98. The number of carbonyl (C=O) groups is 2. The van der Waals surface area contributed by atoms with Crippen LogP contribution < -0.4 is 5.32 Å². The molecule has 0 aliphatic rings. The van der Waals surface area contributed by atoms with Crippen molar-refractivity contribution in [2.75, 3.05) is 38.2 Å². The van der Waals surface area contributed by atoms with Gasteiger partial charge in [-0.05, 0) is 55.5 Å². The standard InChI is InChI=1S/C27H42N4O3/c1-6-8-17-30(20-25-11-9-16-29(25)5)26(32)21-31(18-10-19-34-7-2)27(33)28-24-14-12-23(13-15-24)22(3)4/h9,11-16,22H,6-8,10,17-21H2,1-5H3,(H,28,33). The van der Waals surface area contributed by atoms with E-state index in [2.05, 4.69) is 26.1 Å². The molecule has 0 radical (unpaired) electrons. The minimum atomic E-state index is -0.267. The molecule has 34 heavy (non-hydrogen) atoms. The molecule has 1 aromatic carbocycles. The van der Waals surface area contributed by atoms with E-state index >= 15 is 0 Å². The molecular formula is C27H42N4O3. The van der Waals surface area contributed by atoms with Gasteiger partial charge in [0, 0.05) is 50.9 Å². The third-order valence-electron chi connectivity index (χ3n) is 5.90. The molecule has 0 spiro atoms. The van der Waals surface area contributed by atoms with Crippen molar-refractivity contribution in [1.29, 1.82) is 0 Å². The Balaban J connectivity index is 2.10. The van der Waals surface area contributed by atoms with E-state index in [0.717, 1.165) is 24.2 Å². The molecule has 188 valence electrons. The number of nitrogens with zero attached hydrogens (tertiary/aromatic N) is 3. The van der Waals surface area contributed by atoms with E-state index in [1.54, 1.807) is 4.90 Å². The number of rotatable bonds is 14. The first-order chi connectivity index (χ1) is 16.3. The molecule has 0 unspecified atom stereocenters. The molecule has 2 aromatic rings. The summed E-state index contributed by atoms with van der Waals surface area (Å²) in [6.45, 7) is 11.2. The molecule has 0 saturated carbocycles. The predicted molar refractivity (Wildman–Crippen MR) is 138 cm³/mol. The molecule has 0 aliphatic heterocycles. The quantitative estimate of drug-likeness (QED) is 0.384. The summed E-state index contributed by atoms with van der Waals surface area (Å²) in [4.78, 5) is 29.9. The van der Waals surface area contributed by atoms with Crippen LogP contribution in [0.3, 0.4) is 0 Å². The van der Waals surface area contributed by atoms with Crippen LogP contribution in [-0.4, -0.2) is 59.2 Å². The minimum Gasteiger partial charge on any atom is -0.382 e. The Morgan fingerprint density at radius 3 is 2.32 bits per heavy atom. The van der Waals surface area contributed by atoms with Gasteiger partial charge in [0.05, 0.1) is 6.54 Å². The highest BCUT2D eigenvalue weighted by Crippen LogP contribution is 2.17. The second-order valence-electron chi connectivity index (χ2n) is 8.96. The van der Waals surface area contributed by atoms with Crippen LogP contribution in [0.5, 0.6) is 0 Å². The number of aryl methyl sites for hydroxylation is 1. The highest BCUT2D eigenvalue weighted by atomic mass is 16.5. The van der Waals surface area contributed by atoms with Crippen LogP contribution in [0.15, 0.2) is 42.6 Å². The number of benzene rings is 1. The maximum atomic E-state index is 13.3. The van der Waals surface area contributed by atoms with Gasteiger partial charge >= 0.3 is 6.03 Å². The lowest BCUT2D eigenvalue weighted by molar-refractivity contribution is -0.132. The van der Waals surface area contributed by atoms with Crippen LogP contribution in [-0.2, 0) is 23.1 Å². The number of amides is 3. The topological polar surface area (TPSA) is 66.8 Å². The summed E-state index contributed by atoms with van der Waals surface area (Å²) in [5.74, 6) is 0.382. The van der Waals surface area contributed by atoms with Gasteiger partial charge in [-0.15, -0.1) is 0 Å². The lowest BCUT2D eigenvalue weighted by Gasteiger charge is -2.28. The van der Waals surface area contributed by atoms with Gasteiger partial charge in [-0.2, -0.15) is 0 Å². The third kappa shape index (κ3) is 8.86. The number of ether oxygens (including phenoxy) is 1. The zero-order chi connectivity index (χ0) is 24.9. The van der Waals surface area contributed by atoms with E-state index in [-0.39, 0.29) is 18.5 Å². The lowest BCUT2D eigenvalue weighted by Crippen LogP contribution is -2.45. The van der Waals surface area contributed by atoms with E-state index < -0.39 is 0 Å². The van der Waals surface area contributed by atoms with Crippen molar-refractivity contribution >= 4 is 17.6 Å². The zero-order valence-electron chi connectivity index (χ0n) is 21.5. The Morgan fingerprint density at radius 1 is 1.03 bits per heavy atom. The largest absolute Gasteiger partial charge is 0.382 e. The minimum absolute atomic E-state index is 0.0379. The molecule has 1 heterocycles. The molecule has 1 N–H and O–H groups in total. The number of unbranched alkanes of at least 4 members (excludes halogenated alkanes) is 1. The Bertz CT molecular complexity index is 876. The van der Waals surface area contributed by atoms with Gasteiger partial charge in [0.1, 0.15) is 6.54 Å². The Hall–Kier alpha value is -2.80. The summed E-state index contributed by atoms with van der Waals surface area (Å²) < 4.78 is 7.48. The first kappa shape index (κ1) is 27.4. The summed E-state index contributed by atoms with van der Waals surface area (Å²) in [6, 6.07) is 11.6. The van der Waals surface area contributed by atoms with Crippen molar-refractivity contribution in [3.63, 3.8) is 0 Å². The van der Waals surface area contributed by atoms with Crippen LogP contribution in [0.1, 0.15) is 64.1 Å². The summed E-state index contributed by atoms with van der Waals surface area (Å²) in [6.07, 6.45) is 4.58. The van der Waals surface area contributed by atoms with E-state index in [0.29, 0.717) is 45.2 Å². The van der Waals surface area contributed by atoms with Crippen molar-refractivity contribution in [3.05, 3.63) is 53.9 Å². The second kappa shape index (κ2) is 14.5. The monoisotopic (exact) mass is 470 g/mol. The van der Waals surface area contributed by atoms with Gasteiger partial charge in [0.2, 0.25) is 5.91 Å². The highest BCUT2D eigenvalue weighted by Gasteiger charge is 2.22. The molecule has 0 saturated heterocycles. The van der Waals surface area contributed by atoms with E-state index in [4.69, 9.17) is 4.74 Å². The number of urea groups is 1. The first-order valence-corrected chi connectivity index (χ1v) is 12.5. The third-order valence-corrected chi connectivity index (χ3v) is 5.90. The van der Waals surface area contributed by atoms with Crippen LogP contribution in [0.25, 0.3) is 0 Å². The molecular weight excluding hydrogens is 428 g/mol. The fourth-order valence-corrected chi connectivity index (χ4v) is 3.67. The SMILES string of the molecule is CCCCN(Cc1cccn1C)C(=O)CN(CCCOCC)C(=O)Nc1ccc(C(C)C)cc1. The molecule has 3 amide bonds. The van der Waals surface area contributed by atoms with Crippen molar-refractivity contribution in [2.45, 2.75) is 59.4 Å². The van der Waals surface area contributed by atoms with E-state index in [1.165, 1.54) is 5.56 Å². The predicted octanol–water partition coefficient (Wildman–Crippen LogP) is 5.24. The molecule has 0 fully saturated rings. The van der Waals surface area contributed by atoms with E-state index in [9.17, 15) is 9.59 Å². The van der Waals surface area contributed by atoms with Crippen LogP contribution >= 0.6 is 0 Å². The van der Waals surface area contributed by atoms with Crippen molar-refractivity contribution in [2.24, 2.45) is 7.05 Å². The zero-order valence-corrected chi connectivity index (χ0v) is 21.5. The van der Waals surface area contributed by atoms with Gasteiger partial charge in [-0.3, -0.25) is 4.79 Å². The maximum absolute atomic E-state index is 13.3. The second-order valence-corrected chi connectivity index (χ2v) is 8.96. The molecule has 1 aromatic heterocycles. The van der Waals surface area contributed by atoms with Gasteiger partial charge in [-0.25, -0.2) is 4.79 Å². The average molecular weight is 471 g/mol. The molecule has 0 bridgehead atoms. The normalized spacial score (nSPS) is 11.0. The van der Waals surface area contributed by atoms with Gasteiger partial charge in [0.25, 0.3) is 0 Å².